The molecule has 4 rings (SSSR count). The summed E-state index contributed by atoms with van der Waals surface area (Å²) in [5, 5.41) is 0. The van der Waals surface area contributed by atoms with Crippen LogP contribution in [-0.4, -0.2) is 5.78 Å². The molecule has 1 nitrogen and oxygen atoms in total. The Morgan fingerprint density at radius 2 is 1.72 bits per heavy atom. The van der Waals surface area contributed by atoms with Gasteiger partial charge in [-0.05, 0) is 84.9 Å². The van der Waals surface area contributed by atoms with Crippen molar-refractivity contribution in [2.24, 2.45) is 52.3 Å². The molecule has 3 fully saturated rings. The molecule has 0 aromatic carbocycles. The standard InChI is InChI=1S/C28H46O/c1-18(2)8-7-9-19(3)22-12-13-24-21-10-11-23-20(4)26(29)15-17-28(23,6)25(21)14-16-27(22,24)5/h10,18-20,22-25H,7-9,11-17H2,1-6H3. The first-order valence-electron chi connectivity index (χ1n) is 12.9. The largest absolute Gasteiger partial charge is 0.299 e. The van der Waals surface area contributed by atoms with Gasteiger partial charge in [-0.1, -0.05) is 72.5 Å². The van der Waals surface area contributed by atoms with Gasteiger partial charge in [0.1, 0.15) is 5.78 Å². The summed E-state index contributed by atoms with van der Waals surface area (Å²) in [5.74, 6) is 5.61. The summed E-state index contributed by atoms with van der Waals surface area (Å²) in [5.41, 5.74) is 2.74. The number of fused-ring (bicyclic) bond motifs is 5. The first-order chi connectivity index (χ1) is 13.7. The smallest absolute Gasteiger partial charge is 0.136 e. The molecule has 0 spiro atoms. The van der Waals surface area contributed by atoms with Crippen molar-refractivity contribution < 1.29 is 4.79 Å². The van der Waals surface area contributed by atoms with E-state index in [-0.39, 0.29) is 5.92 Å². The van der Waals surface area contributed by atoms with Crippen molar-refractivity contribution >= 4 is 5.78 Å². The van der Waals surface area contributed by atoms with Crippen molar-refractivity contribution in [3.8, 4) is 0 Å². The van der Waals surface area contributed by atoms with Crippen LogP contribution in [0, 0.1) is 52.3 Å². The maximum absolute atomic E-state index is 12.4. The highest BCUT2D eigenvalue weighted by Gasteiger charge is 2.59. The molecule has 3 saturated carbocycles. The second-order valence-corrected chi connectivity index (χ2v) is 12.4. The summed E-state index contributed by atoms with van der Waals surface area (Å²) in [6, 6.07) is 0. The Labute approximate surface area is 180 Å². The lowest BCUT2D eigenvalue weighted by atomic mass is 9.46. The number of carbonyl (C=O) groups excluding carboxylic acids is 1. The number of carbonyl (C=O) groups is 1. The number of allylic oxidation sites excluding steroid dienone is 2. The Bertz CT molecular complexity index is 659. The molecule has 0 heterocycles. The van der Waals surface area contributed by atoms with Crippen LogP contribution in [0.2, 0.25) is 0 Å². The van der Waals surface area contributed by atoms with Crippen LogP contribution in [0.25, 0.3) is 0 Å². The molecule has 164 valence electrons. The Hall–Kier alpha value is -0.590. The van der Waals surface area contributed by atoms with E-state index >= 15 is 0 Å². The van der Waals surface area contributed by atoms with Gasteiger partial charge in [-0.2, -0.15) is 0 Å². The molecule has 1 heteroatoms. The number of hydrogen-bond acceptors (Lipinski definition) is 1. The summed E-state index contributed by atoms with van der Waals surface area (Å²) in [6.07, 6.45) is 15.7. The zero-order chi connectivity index (χ0) is 21.0. The molecular formula is C28H46O. The van der Waals surface area contributed by atoms with Crippen molar-refractivity contribution in [1.82, 2.24) is 0 Å². The SMILES string of the molecule is CC(C)CCCC(C)C1CCC2C3=CCC4C(C)C(=O)CCC4(C)C3CCC21C. The van der Waals surface area contributed by atoms with Gasteiger partial charge in [0.05, 0.1) is 0 Å². The third kappa shape index (κ3) is 3.47. The van der Waals surface area contributed by atoms with Crippen molar-refractivity contribution in [1.29, 1.82) is 0 Å². The quantitative estimate of drug-likeness (QED) is 0.431. The van der Waals surface area contributed by atoms with Gasteiger partial charge in [0.15, 0.2) is 0 Å². The van der Waals surface area contributed by atoms with E-state index < -0.39 is 0 Å². The number of ketones is 1. The van der Waals surface area contributed by atoms with Crippen LogP contribution < -0.4 is 0 Å². The van der Waals surface area contributed by atoms with Crippen LogP contribution in [0.15, 0.2) is 11.6 Å². The van der Waals surface area contributed by atoms with Crippen LogP contribution in [0.3, 0.4) is 0 Å². The van der Waals surface area contributed by atoms with Gasteiger partial charge in [0.25, 0.3) is 0 Å². The summed E-state index contributed by atoms with van der Waals surface area (Å²) >= 11 is 0. The predicted molar refractivity (Wildman–Crippen MR) is 123 cm³/mol. The van der Waals surface area contributed by atoms with Crippen LogP contribution in [0.1, 0.15) is 106 Å². The van der Waals surface area contributed by atoms with Gasteiger partial charge in [0.2, 0.25) is 0 Å². The normalized spacial score (nSPS) is 45.4. The van der Waals surface area contributed by atoms with Crippen LogP contribution in [0.4, 0.5) is 0 Å². The van der Waals surface area contributed by atoms with E-state index in [1.165, 1.54) is 44.9 Å². The Morgan fingerprint density at radius 1 is 1.00 bits per heavy atom. The molecular weight excluding hydrogens is 352 g/mol. The predicted octanol–water partition coefficient (Wildman–Crippen LogP) is 7.84. The minimum Gasteiger partial charge on any atom is -0.299 e. The van der Waals surface area contributed by atoms with E-state index in [1.807, 2.05) is 5.57 Å². The molecule has 0 N–H and O–H groups in total. The summed E-state index contributed by atoms with van der Waals surface area (Å²) < 4.78 is 0. The molecule has 0 saturated heterocycles. The third-order valence-corrected chi connectivity index (χ3v) is 10.6. The zero-order valence-corrected chi connectivity index (χ0v) is 20.1. The molecule has 29 heavy (non-hydrogen) atoms. The van der Waals surface area contributed by atoms with Gasteiger partial charge >= 0.3 is 0 Å². The second-order valence-electron chi connectivity index (χ2n) is 12.4. The van der Waals surface area contributed by atoms with Crippen LogP contribution >= 0.6 is 0 Å². The van der Waals surface area contributed by atoms with E-state index in [2.05, 4.69) is 47.6 Å². The number of rotatable bonds is 5. The topological polar surface area (TPSA) is 17.1 Å². The molecule has 0 aromatic heterocycles. The maximum atomic E-state index is 12.4. The molecule has 8 atom stereocenters. The lowest BCUT2D eigenvalue weighted by molar-refractivity contribution is -0.134. The molecule has 8 unspecified atom stereocenters. The van der Waals surface area contributed by atoms with Gasteiger partial charge in [-0.3, -0.25) is 4.79 Å². The first-order valence-corrected chi connectivity index (χ1v) is 12.9. The summed E-state index contributed by atoms with van der Waals surface area (Å²) in [7, 11) is 0. The van der Waals surface area contributed by atoms with E-state index in [4.69, 9.17) is 0 Å². The molecule has 0 bridgehead atoms. The summed E-state index contributed by atoms with van der Waals surface area (Å²) in [4.78, 5) is 12.4. The third-order valence-electron chi connectivity index (χ3n) is 10.6. The van der Waals surface area contributed by atoms with Crippen molar-refractivity contribution in [3.63, 3.8) is 0 Å². The van der Waals surface area contributed by atoms with Crippen molar-refractivity contribution in [2.45, 2.75) is 106 Å². The van der Waals surface area contributed by atoms with Crippen molar-refractivity contribution in [2.75, 3.05) is 0 Å². The monoisotopic (exact) mass is 398 g/mol. The Kier molecular flexibility index (Phi) is 5.84. The van der Waals surface area contributed by atoms with Gasteiger partial charge < -0.3 is 0 Å². The molecule has 0 amide bonds. The lowest BCUT2D eigenvalue weighted by Crippen LogP contribution is -2.51. The zero-order valence-electron chi connectivity index (χ0n) is 20.1. The van der Waals surface area contributed by atoms with Crippen molar-refractivity contribution in [3.05, 3.63) is 11.6 Å². The Morgan fingerprint density at radius 3 is 2.45 bits per heavy atom. The van der Waals surface area contributed by atoms with E-state index in [9.17, 15) is 4.79 Å². The van der Waals surface area contributed by atoms with E-state index in [0.29, 0.717) is 22.5 Å². The van der Waals surface area contributed by atoms with E-state index in [0.717, 1.165) is 48.9 Å². The highest BCUT2D eigenvalue weighted by atomic mass is 16.1. The molecule has 4 aliphatic rings. The summed E-state index contributed by atoms with van der Waals surface area (Å²) in [6.45, 7) is 14.7. The molecule has 0 aliphatic heterocycles. The maximum Gasteiger partial charge on any atom is 0.136 e. The highest BCUT2D eigenvalue weighted by molar-refractivity contribution is 5.82. The highest BCUT2D eigenvalue weighted by Crippen LogP contribution is 2.67. The fraction of sp³-hybridized carbons (Fsp3) is 0.893. The molecule has 4 aliphatic carbocycles. The van der Waals surface area contributed by atoms with Gasteiger partial charge in [-0.25, -0.2) is 0 Å². The minimum atomic E-state index is 0.275. The fourth-order valence-corrected chi connectivity index (χ4v) is 8.78. The average Bonchev–Trinajstić information content (AvgIpc) is 3.02. The first kappa shape index (κ1) is 21.6. The van der Waals surface area contributed by atoms with Gasteiger partial charge in [0, 0.05) is 12.3 Å². The molecule has 0 radical (unpaired) electrons. The molecule has 0 aromatic rings. The van der Waals surface area contributed by atoms with Crippen LogP contribution in [0.5, 0.6) is 0 Å². The van der Waals surface area contributed by atoms with Gasteiger partial charge in [-0.15, -0.1) is 0 Å². The van der Waals surface area contributed by atoms with E-state index in [1.54, 1.807) is 0 Å². The average molecular weight is 399 g/mol. The Balaban J connectivity index is 1.53. The lowest BCUT2D eigenvalue weighted by Gasteiger charge is -2.58. The number of hydrogen-bond donors (Lipinski definition) is 0. The second kappa shape index (κ2) is 7.83. The fourth-order valence-electron chi connectivity index (χ4n) is 8.78. The minimum absolute atomic E-state index is 0.275. The number of Topliss-reactive ketones (excluding diaryl/α,β-unsaturated/α-hetero) is 1. The van der Waals surface area contributed by atoms with Crippen LogP contribution in [-0.2, 0) is 4.79 Å².